The van der Waals surface area contributed by atoms with Crippen LogP contribution in [0, 0.1) is 0 Å². The predicted octanol–water partition coefficient (Wildman–Crippen LogP) is 3.32. The number of benzene rings is 1. The van der Waals surface area contributed by atoms with Crippen molar-refractivity contribution in [3.05, 3.63) is 40.9 Å². The van der Waals surface area contributed by atoms with Crippen molar-refractivity contribution in [3.8, 4) is 0 Å². The molecule has 2 unspecified atom stereocenters. The number of nitrogens with zero attached hydrogens (tertiary/aromatic N) is 4. The van der Waals surface area contributed by atoms with Gasteiger partial charge in [0, 0.05) is 40.7 Å². The monoisotopic (exact) mass is 550 g/mol. The fourth-order valence-electron chi connectivity index (χ4n) is 2.77. The number of halogens is 2. The molecular weight excluding hydrogens is 527 g/mol. The highest BCUT2D eigenvalue weighted by molar-refractivity contribution is 14.0. The summed E-state index contributed by atoms with van der Waals surface area (Å²) < 4.78 is 3.08. The van der Waals surface area contributed by atoms with Crippen LogP contribution in [0.3, 0.4) is 0 Å². The zero-order chi connectivity index (χ0) is 17.6. The quantitative estimate of drug-likeness (QED) is 0.259. The van der Waals surface area contributed by atoms with E-state index >= 15 is 0 Å². The fraction of sp³-hybridized carbons (Fsp3) is 0.471. The molecule has 0 saturated heterocycles. The number of thioether (sulfide) groups is 1. The summed E-state index contributed by atoms with van der Waals surface area (Å²) in [5, 5.41) is 11.6. The topological polar surface area (TPSA) is 67.1 Å². The number of aliphatic imine (C=N–C) groups is 1. The second-order valence-electron chi connectivity index (χ2n) is 6.07. The van der Waals surface area contributed by atoms with Crippen LogP contribution >= 0.6 is 51.7 Å². The van der Waals surface area contributed by atoms with Crippen LogP contribution in [0.4, 0.5) is 0 Å². The summed E-state index contributed by atoms with van der Waals surface area (Å²) in [6.45, 7) is 3.90. The summed E-state index contributed by atoms with van der Waals surface area (Å²) in [5.41, 5.74) is 0. The molecule has 6 nitrogen and oxygen atoms in total. The Bertz CT molecular complexity index is 720. The molecule has 0 aliphatic carbocycles. The molecule has 2 aromatic rings. The van der Waals surface area contributed by atoms with Crippen molar-refractivity contribution in [2.24, 2.45) is 4.99 Å². The standard InChI is InChI=1S/C17H23BrN6S.HI/c1-12(25-15-6-3-13(18)4-7-15)9-20-17(19-2)23-14-5-8-16-21-11-22-24(16)10-14;/h3-4,6-7,11-12,14H,5,8-10H2,1-2H3,(H2,19,20,23);1H. The van der Waals surface area contributed by atoms with Crippen molar-refractivity contribution in [2.45, 2.75) is 42.5 Å². The van der Waals surface area contributed by atoms with Crippen LogP contribution < -0.4 is 10.6 Å². The molecule has 2 heterocycles. The maximum absolute atomic E-state index is 4.35. The zero-order valence-corrected chi connectivity index (χ0v) is 19.6. The number of rotatable bonds is 5. The highest BCUT2D eigenvalue weighted by Gasteiger charge is 2.20. The van der Waals surface area contributed by atoms with Crippen LogP contribution in [0.2, 0.25) is 0 Å². The molecule has 1 aliphatic heterocycles. The van der Waals surface area contributed by atoms with Crippen LogP contribution in [0.5, 0.6) is 0 Å². The van der Waals surface area contributed by atoms with Crippen molar-refractivity contribution < 1.29 is 0 Å². The maximum Gasteiger partial charge on any atom is 0.191 e. The van der Waals surface area contributed by atoms with Gasteiger partial charge >= 0.3 is 0 Å². The first-order valence-corrected chi connectivity index (χ1v) is 10.1. The van der Waals surface area contributed by atoms with Gasteiger partial charge in [0.15, 0.2) is 5.96 Å². The SMILES string of the molecule is CN=C(NCC(C)Sc1ccc(Br)cc1)NC1CCc2ncnn2C1.I. The third-order valence-corrected chi connectivity index (χ3v) is 5.72. The molecule has 0 saturated carbocycles. The third kappa shape index (κ3) is 6.12. The third-order valence-electron chi connectivity index (χ3n) is 4.08. The first-order valence-electron chi connectivity index (χ1n) is 8.40. The Hall–Kier alpha value is -0.810. The van der Waals surface area contributed by atoms with E-state index in [0.717, 1.165) is 42.2 Å². The van der Waals surface area contributed by atoms with Crippen molar-refractivity contribution >= 4 is 57.6 Å². The zero-order valence-electron chi connectivity index (χ0n) is 14.9. The smallest absolute Gasteiger partial charge is 0.191 e. The first-order chi connectivity index (χ1) is 12.1. The normalized spacial score (nSPS) is 17.8. The summed E-state index contributed by atoms with van der Waals surface area (Å²) in [4.78, 5) is 9.89. The summed E-state index contributed by atoms with van der Waals surface area (Å²) in [5.74, 6) is 1.91. The number of guanidine groups is 1. The lowest BCUT2D eigenvalue weighted by Crippen LogP contribution is -2.48. The number of aryl methyl sites for hydroxylation is 1. The van der Waals surface area contributed by atoms with Crippen molar-refractivity contribution in [1.29, 1.82) is 0 Å². The molecule has 26 heavy (non-hydrogen) atoms. The van der Waals surface area contributed by atoms with Crippen LogP contribution in [0.25, 0.3) is 0 Å². The number of aromatic nitrogens is 3. The molecule has 1 aromatic carbocycles. The van der Waals surface area contributed by atoms with Gasteiger partial charge in [0.25, 0.3) is 0 Å². The Balaban J connectivity index is 0.00000243. The molecule has 0 bridgehead atoms. The van der Waals surface area contributed by atoms with Gasteiger partial charge in [-0.3, -0.25) is 4.99 Å². The molecule has 2 N–H and O–H groups in total. The molecule has 9 heteroatoms. The van der Waals surface area contributed by atoms with E-state index in [0.29, 0.717) is 11.3 Å². The minimum absolute atomic E-state index is 0. The van der Waals surface area contributed by atoms with Gasteiger partial charge in [0.1, 0.15) is 12.2 Å². The molecule has 1 aliphatic rings. The number of hydrogen-bond donors (Lipinski definition) is 2. The van der Waals surface area contributed by atoms with Gasteiger partial charge < -0.3 is 10.6 Å². The summed E-state index contributed by atoms with van der Waals surface area (Å²) in [6.07, 6.45) is 3.62. The van der Waals surface area contributed by atoms with Crippen molar-refractivity contribution in [1.82, 2.24) is 25.4 Å². The van der Waals surface area contributed by atoms with Gasteiger partial charge in [0.2, 0.25) is 0 Å². The number of nitrogens with one attached hydrogen (secondary N) is 2. The Morgan fingerprint density at radius 1 is 1.42 bits per heavy atom. The van der Waals surface area contributed by atoms with E-state index in [9.17, 15) is 0 Å². The van der Waals surface area contributed by atoms with Crippen LogP contribution in [0.1, 0.15) is 19.2 Å². The van der Waals surface area contributed by atoms with E-state index in [1.165, 1.54) is 4.90 Å². The molecule has 0 amide bonds. The van der Waals surface area contributed by atoms with E-state index in [-0.39, 0.29) is 24.0 Å². The molecule has 3 rings (SSSR count). The van der Waals surface area contributed by atoms with Crippen molar-refractivity contribution in [2.75, 3.05) is 13.6 Å². The fourth-order valence-corrected chi connectivity index (χ4v) is 3.96. The van der Waals surface area contributed by atoms with Gasteiger partial charge in [0.05, 0.1) is 6.54 Å². The van der Waals surface area contributed by atoms with E-state index in [4.69, 9.17) is 0 Å². The van der Waals surface area contributed by atoms with E-state index < -0.39 is 0 Å². The second-order valence-corrected chi connectivity index (χ2v) is 8.50. The minimum atomic E-state index is 0. The lowest BCUT2D eigenvalue weighted by Gasteiger charge is -2.26. The average Bonchev–Trinajstić information content (AvgIpc) is 3.08. The predicted molar refractivity (Wildman–Crippen MR) is 122 cm³/mol. The summed E-state index contributed by atoms with van der Waals surface area (Å²) in [7, 11) is 1.81. The largest absolute Gasteiger partial charge is 0.355 e. The van der Waals surface area contributed by atoms with Gasteiger partial charge in [-0.05, 0) is 30.7 Å². The first kappa shape index (κ1) is 21.5. The molecular formula is C17H24BrIN6S. The highest BCUT2D eigenvalue weighted by Crippen LogP contribution is 2.24. The van der Waals surface area contributed by atoms with Crippen molar-refractivity contribution in [3.63, 3.8) is 0 Å². The van der Waals surface area contributed by atoms with Crippen LogP contribution in [-0.2, 0) is 13.0 Å². The van der Waals surface area contributed by atoms with Gasteiger partial charge in [-0.15, -0.1) is 35.7 Å². The van der Waals surface area contributed by atoms with E-state index in [1.54, 1.807) is 6.33 Å². The van der Waals surface area contributed by atoms with E-state index in [2.05, 4.69) is 72.8 Å². The molecule has 1 aromatic heterocycles. The molecule has 2 atom stereocenters. The number of fused-ring (bicyclic) bond motifs is 1. The molecule has 0 fully saturated rings. The lowest BCUT2D eigenvalue weighted by atomic mass is 10.1. The summed E-state index contributed by atoms with van der Waals surface area (Å²) in [6, 6.07) is 8.75. The van der Waals surface area contributed by atoms with Crippen LogP contribution in [0.15, 0.2) is 45.0 Å². The highest BCUT2D eigenvalue weighted by atomic mass is 127. The van der Waals surface area contributed by atoms with E-state index in [1.807, 2.05) is 23.5 Å². The Morgan fingerprint density at radius 3 is 2.92 bits per heavy atom. The molecule has 142 valence electrons. The number of hydrogen-bond acceptors (Lipinski definition) is 4. The second kappa shape index (κ2) is 10.5. The average molecular weight is 551 g/mol. The Morgan fingerprint density at radius 2 is 2.19 bits per heavy atom. The lowest BCUT2D eigenvalue weighted by molar-refractivity contribution is 0.393. The molecule has 0 radical (unpaired) electrons. The van der Waals surface area contributed by atoms with Gasteiger partial charge in [-0.1, -0.05) is 22.9 Å². The minimum Gasteiger partial charge on any atom is -0.355 e. The maximum atomic E-state index is 4.35. The Labute approximate surface area is 184 Å². The molecule has 0 spiro atoms. The summed E-state index contributed by atoms with van der Waals surface area (Å²) >= 11 is 5.32. The van der Waals surface area contributed by atoms with Gasteiger partial charge in [-0.2, -0.15) is 5.10 Å². The Kier molecular flexibility index (Phi) is 8.68. The van der Waals surface area contributed by atoms with Gasteiger partial charge in [-0.25, -0.2) is 9.67 Å². The van der Waals surface area contributed by atoms with Crippen LogP contribution in [-0.4, -0.2) is 45.6 Å².